The van der Waals surface area contributed by atoms with Crippen LogP contribution in [0.3, 0.4) is 0 Å². The second-order valence-electron chi connectivity index (χ2n) is 6.68. The van der Waals surface area contributed by atoms with Crippen molar-refractivity contribution in [3.63, 3.8) is 0 Å². The number of hydrogen-bond acceptors (Lipinski definition) is 4. The predicted octanol–water partition coefficient (Wildman–Crippen LogP) is 2.90. The maximum absolute atomic E-state index is 12.9. The Morgan fingerprint density at radius 3 is 2.77 bits per heavy atom. The summed E-state index contributed by atoms with van der Waals surface area (Å²) in [6, 6.07) is 9.36. The van der Waals surface area contributed by atoms with Gasteiger partial charge >= 0.3 is 0 Å². The van der Waals surface area contributed by atoms with E-state index in [1.165, 1.54) is 4.88 Å². The fourth-order valence-electron chi connectivity index (χ4n) is 3.31. The minimum absolute atomic E-state index is 0.0113. The summed E-state index contributed by atoms with van der Waals surface area (Å²) in [7, 11) is 1.80. The number of thiazole rings is 1. The Morgan fingerprint density at radius 1 is 1.31 bits per heavy atom. The van der Waals surface area contributed by atoms with Crippen LogP contribution < -0.4 is 0 Å². The number of amides is 2. The Labute approximate surface area is 158 Å². The summed E-state index contributed by atoms with van der Waals surface area (Å²) < 4.78 is 0. The number of rotatable bonds is 6. The van der Waals surface area contributed by atoms with Crippen molar-refractivity contribution < 1.29 is 9.59 Å². The summed E-state index contributed by atoms with van der Waals surface area (Å²) in [6.45, 7) is 3.26. The molecule has 1 aromatic heterocycles. The minimum atomic E-state index is -0.346. The number of benzene rings is 1. The molecule has 3 rings (SSSR count). The average Bonchev–Trinajstić information content (AvgIpc) is 3.31. The first-order chi connectivity index (χ1) is 12.6. The summed E-state index contributed by atoms with van der Waals surface area (Å²) in [5, 5.41) is 0.942. The largest absolute Gasteiger partial charge is 0.337 e. The molecule has 5 nitrogen and oxygen atoms in total. The first kappa shape index (κ1) is 18.6. The molecule has 1 aliphatic rings. The molecule has 1 aliphatic heterocycles. The third kappa shape index (κ3) is 4.30. The van der Waals surface area contributed by atoms with Gasteiger partial charge in [0.15, 0.2) is 0 Å². The Hall–Kier alpha value is -2.21. The summed E-state index contributed by atoms with van der Waals surface area (Å²) in [4.78, 5) is 34.7. The van der Waals surface area contributed by atoms with Gasteiger partial charge in [0, 0.05) is 24.7 Å². The standard InChI is InChI=1S/C20H25N3O2S/c1-3-16-13-21-18(26-16)14-22(2)20(25)17-10-7-11-23(17)19(24)12-15-8-5-4-6-9-15/h4-6,8-9,13,17H,3,7,10-12,14H2,1-2H3. The second-order valence-corrected chi connectivity index (χ2v) is 7.88. The van der Waals surface area contributed by atoms with Gasteiger partial charge in [-0.25, -0.2) is 4.98 Å². The smallest absolute Gasteiger partial charge is 0.245 e. The van der Waals surface area contributed by atoms with E-state index >= 15 is 0 Å². The van der Waals surface area contributed by atoms with Crippen LogP contribution >= 0.6 is 11.3 Å². The van der Waals surface area contributed by atoms with E-state index in [9.17, 15) is 9.59 Å². The number of hydrogen-bond donors (Lipinski definition) is 0. The van der Waals surface area contributed by atoms with Crippen LogP contribution in [-0.4, -0.2) is 46.2 Å². The monoisotopic (exact) mass is 371 g/mol. The summed E-state index contributed by atoms with van der Waals surface area (Å²) in [5.41, 5.74) is 0.985. The first-order valence-electron chi connectivity index (χ1n) is 9.10. The molecule has 0 radical (unpaired) electrons. The van der Waals surface area contributed by atoms with E-state index in [1.807, 2.05) is 36.5 Å². The lowest BCUT2D eigenvalue weighted by Crippen LogP contribution is -2.46. The first-order valence-corrected chi connectivity index (χ1v) is 9.92. The molecule has 6 heteroatoms. The molecule has 1 atom stereocenters. The van der Waals surface area contributed by atoms with Crippen LogP contribution in [0.1, 0.15) is 35.2 Å². The zero-order valence-corrected chi connectivity index (χ0v) is 16.2. The van der Waals surface area contributed by atoms with Gasteiger partial charge < -0.3 is 9.80 Å². The lowest BCUT2D eigenvalue weighted by atomic mass is 10.1. The Bertz CT molecular complexity index is 759. The molecular formula is C20H25N3O2S. The highest BCUT2D eigenvalue weighted by atomic mass is 32.1. The fourth-order valence-corrected chi connectivity index (χ4v) is 4.23. The molecule has 0 saturated carbocycles. The van der Waals surface area contributed by atoms with Gasteiger partial charge in [-0.05, 0) is 24.8 Å². The highest BCUT2D eigenvalue weighted by Crippen LogP contribution is 2.22. The molecule has 138 valence electrons. The minimum Gasteiger partial charge on any atom is -0.337 e. The van der Waals surface area contributed by atoms with E-state index in [2.05, 4.69) is 11.9 Å². The van der Waals surface area contributed by atoms with E-state index < -0.39 is 0 Å². The van der Waals surface area contributed by atoms with E-state index in [0.29, 0.717) is 19.5 Å². The molecule has 2 heterocycles. The third-order valence-corrected chi connectivity index (χ3v) is 5.88. The number of aryl methyl sites for hydroxylation is 1. The maximum atomic E-state index is 12.9. The molecular weight excluding hydrogens is 346 g/mol. The van der Waals surface area contributed by atoms with Gasteiger partial charge in [-0.1, -0.05) is 37.3 Å². The number of carbonyl (C=O) groups is 2. The Morgan fingerprint density at radius 2 is 2.08 bits per heavy atom. The average molecular weight is 372 g/mol. The van der Waals surface area contributed by atoms with Gasteiger partial charge in [0.05, 0.1) is 13.0 Å². The van der Waals surface area contributed by atoms with Crippen LogP contribution in [0.15, 0.2) is 36.5 Å². The van der Waals surface area contributed by atoms with Crippen LogP contribution in [0, 0.1) is 0 Å². The van der Waals surface area contributed by atoms with Gasteiger partial charge in [-0.3, -0.25) is 9.59 Å². The summed E-state index contributed by atoms with van der Waals surface area (Å²) in [6.07, 6.45) is 4.80. The predicted molar refractivity (Wildman–Crippen MR) is 103 cm³/mol. The van der Waals surface area contributed by atoms with Crippen molar-refractivity contribution >= 4 is 23.2 Å². The van der Waals surface area contributed by atoms with Crippen molar-refractivity contribution in [3.05, 3.63) is 52.0 Å². The van der Waals surface area contributed by atoms with Crippen molar-refractivity contribution in [2.45, 2.75) is 45.2 Å². The Kier molecular flexibility index (Phi) is 6.04. The number of aromatic nitrogens is 1. The van der Waals surface area contributed by atoms with E-state index in [1.54, 1.807) is 28.2 Å². The molecule has 1 aromatic carbocycles. The molecule has 1 fully saturated rings. The molecule has 0 bridgehead atoms. The van der Waals surface area contributed by atoms with Gasteiger partial charge in [-0.2, -0.15) is 0 Å². The van der Waals surface area contributed by atoms with Crippen molar-refractivity contribution in [1.82, 2.24) is 14.8 Å². The molecule has 1 unspecified atom stereocenters. The zero-order valence-electron chi connectivity index (χ0n) is 15.4. The number of carbonyl (C=O) groups excluding carboxylic acids is 2. The van der Waals surface area contributed by atoms with Gasteiger partial charge in [0.1, 0.15) is 11.0 Å². The quantitative estimate of drug-likeness (QED) is 0.785. The van der Waals surface area contributed by atoms with Crippen LogP contribution in [-0.2, 0) is 29.0 Å². The lowest BCUT2D eigenvalue weighted by molar-refractivity contribution is -0.143. The summed E-state index contributed by atoms with van der Waals surface area (Å²) in [5.74, 6) is 0.0418. The zero-order chi connectivity index (χ0) is 18.5. The highest BCUT2D eigenvalue weighted by molar-refractivity contribution is 7.11. The molecule has 2 aromatic rings. The van der Waals surface area contributed by atoms with Crippen LogP contribution in [0.5, 0.6) is 0 Å². The maximum Gasteiger partial charge on any atom is 0.245 e. The summed E-state index contributed by atoms with van der Waals surface area (Å²) >= 11 is 1.64. The molecule has 1 saturated heterocycles. The molecule has 0 spiro atoms. The van der Waals surface area contributed by atoms with E-state index in [-0.39, 0.29) is 17.9 Å². The third-order valence-electron chi connectivity index (χ3n) is 4.75. The second kappa shape index (κ2) is 8.45. The van der Waals surface area contributed by atoms with Crippen LogP contribution in [0.25, 0.3) is 0 Å². The normalized spacial score (nSPS) is 16.7. The Balaban J connectivity index is 1.62. The van der Waals surface area contributed by atoms with Gasteiger partial charge in [-0.15, -0.1) is 11.3 Å². The van der Waals surface area contributed by atoms with Crippen molar-refractivity contribution in [3.8, 4) is 0 Å². The number of nitrogens with zero attached hydrogens (tertiary/aromatic N) is 3. The van der Waals surface area contributed by atoms with E-state index in [0.717, 1.165) is 29.8 Å². The van der Waals surface area contributed by atoms with Crippen LogP contribution in [0.2, 0.25) is 0 Å². The van der Waals surface area contributed by atoms with Gasteiger partial charge in [0.2, 0.25) is 11.8 Å². The van der Waals surface area contributed by atoms with Crippen molar-refractivity contribution in [1.29, 1.82) is 0 Å². The van der Waals surface area contributed by atoms with E-state index in [4.69, 9.17) is 0 Å². The number of likely N-dealkylation sites (N-methyl/N-ethyl adjacent to an activating group) is 1. The lowest BCUT2D eigenvalue weighted by Gasteiger charge is -2.27. The molecule has 0 N–H and O–H groups in total. The van der Waals surface area contributed by atoms with Crippen molar-refractivity contribution in [2.24, 2.45) is 0 Å². The van der Waals surface area contributed by atoms with Crippen LogP contribution in [0.4, 0.5) is 0 Å². The fraction of sp³-hybridized carbons (Fsp3) is 0.450. The molecule has 0 aliphatic carbocycles. The topological polar surface area (TPSA) is 53.5 Å². The SMILES string of the molecule is CCc1cnc(CN(C)C(=O)C2CCCN2C(=O)Cc2ccccc2)s1. The number of likely N-dealkylation sites (tertiary alicyclic amines) is 1. The highest BCUT2D eigenvalue weighted by Gasteiger charge is 2.35. The molecule has 26 heavy (non-hydrogen) atoms. The van der Waals surface area contributed by atoms with Crippen molar-refractivity contribution in [2.75, 3.05) is 13.6 Å². The van der Waals surface area contributed by atoms with Gasteiger partial charge in [0.25, 0.3) is 0 Å². The molecule has 2 amide bonds.